The monoisotopic (exact) mass is 392 g/mol. The maximum atomic E-state index is 12.1. The molecule has 0 saturated carbocycles. The van der Waals surface area contributed by atoms with Crippen LogP contribution < -0.4 is 10.2 Å². The molecule has 4 rings (SSSR count). The predicted octanol–water partition coefficient (Wildman–Crippen LogP) is 1.54. The van der Waals surface area contributed by atoms with Crippen molar-refractivity contribution in [3.63, 3.8) is 0 Å². The molecule has 150 valence electrons. The number of aromatic nitrogens is 4. The van der Waals surface area contributed by atoms with E-state index in [0.717, 1.165) is 44.0 Å². The fourth-order valence-electron chi connectivity index (χ4n) is 3.24. The van der Waals surface area contributed by atoms with E-state index in [1.165, 1.54) is 10.4 Å². The van der Waals surface area contributed by atoms with Gasteiger partial charge in [-0.25, -0.2) is 0 Å². The summed E-state index contributed by atoms with van der Waals surface area (Å²) < 4.78 is 5.39. The van der Waals surface area contributed by atoms with E-state index >= 15 is 0 Å². The quantitative estimate of drug-likeness (QED) is 0.657. The van der Waals surface area contributed by atoms with Crippen LogP contribution in [0.15, 0.2) is 54.6 Å². The molecule has 2 aromatic carbocycles. The zero-order valence-electron chi connectivity index (χ0n) is 16.2. The average Bonchev–Trinajstić information content (AvgIpc) is 3.23. The first kappa shape index (κ1) is 19.1. The Morgan fingerprint density at radius 3 is 2.55 bits per heavy atom. The van der Waals surface area contributed by atoms with E-state index in [4.69, 9.17) is 4.74 Å². The summed E-state index contributed by atoms with van der Waals surface area (Å²) in [6.07, 6.45) is 0.790. The maximum Gasteiger partial charge on any atom is 0.243 e. The van der Waals surface area contributed by atoms with Crippen LogP contribution in [0.5, 0.6) is 0 Å². The van der Waals surface area contributed by atoms with Crippen molar-refractivity contribution in [2.45, 2.75) is 13.0 Å². The lowest BCUT2D eigenvalue weighted by atomic mass is 10.1. The van der Waals surface area contributed by atoms with Crippen LogP contribution in [0, 0.1) is 0 Å². The van der Waals surface area contributed by atoms with Crippen molar-refractivity contribution in [1.82, 2.24) is 25.5 Å². The Labute approximate surface area is 169 Å². The fourth-order valence-corrected chi connectivity index (χ4v) is 3.24. The Hall–Kier alpha value is -3.26. The van der Waals surface area contributed by atoms with Crippen LogP contribution in [0.3, 0.4) is 0 Å². The molecule has 2 heterocycles. The van der Waals surface area contributed by atoms with E-state index in [-0.39, 0.29) is 12.5 Å². The Morgan fingerprint density at radius 1 is 1.03 bits per heavy atom. The summed E-state index contributed by atoms with van der Waals surface area (Å²) in [7, 11) is 0. The molecule has 1 aromatic heterocycles. The van der Waals surface area contributed by atoms with Crippen LogP contribution in [0.4, 0.5) is 5.69 Å². The fraction of sp³-hybridized carbons (Fsp3) is 0.333. The molecule has 1 fully saturated rings. The zero-order chi connectivity index (χ0) is 19.9. The minimum atomic E-state index is -0.132. The van der Waals surface area contributed by atoms with E-state index in [1.807, 2.05) is 42.5 Å². The van der Waals surface area contributed by atoms with Crippen LogP contribution in [0.1, 0.15) is 5.56 Å². The van der Waals surface area contributed by atoms with Gasteiger partial charge in [-0.3, -0.25) is 4.79 Å². The van der Waals surface area contributed by atoms with Gasteiger partial charge in [-0.2, -0.15) is 4.80 Å². The highest BCUT2D eigenvalue weighted by Crippen LogP contribution is 2.21. The van der Waals surface area contributed by atoms with Gasteiger partial charge < -0.3 is 15.0 Å². The molecule has 29 heavy (non-hydrogen) atoms. The van der Waals surface area contributed by atoms with Crippen LogP contribution in [-0.2, 0) is 22.5 Å². The van der Waals surface area contributed by atoms with Gasteiger partial charge in [-0.1, -0.05) is 30.3 Å². The van der Waals surface area contributed by atoms with E-state index in [2.05, 4.69) is 37.8 Å². The van der Waals surface area contributed by atoms with Gasteiger partial charge >= 0.3 is 0 Å². The van der Waals surface area contributed by atoms with Crippen molar-refractivity contribution in [1.29, 1.82) is 0 Å². The Bertz CT molecular complexity index is 920. The van der Waals surface area contributed by atoms with Gasteiger partial charge in [0.15, 0.2) is 0 Å². The topological polar surface area (TPSA) is 85.2 Å². The number of benzene rings is 2. The normalized spacial score (nSPS) is 14.0. The number of morpholine rings is 1. The number of nitrogens with zero attached hydrogens (tertiary/aromatic N) is 5. The Balaban J connectivity index is 1.29. The molecular weight excluding hydrogens is 368 g/mol. The first-order valence-corrected chi connectivity index (χ1v) is 9.79. The molecule has 1 aliphatic heterocycles. The summed E-state index contributed by atoms with van der Waals surface area (Å²) in [5.41, 5.74) is 3.22. The number of anilines is 1. The second kappa shape index (κ2) is 9.29. The molecule has 0 spiro atoms. The second-order valence-electron chi connectivity index (χ2n) is 6.88. The molecule has 0 unspecified atom stereocenters. The van der Waals surface area contributed by atoms with Gasteiger partial charge in [0.1, 0.15) is 6.54 Å². The van der Waals surface area contributed by atoms with Crippen molar-refractivity contribution < 1.29 is 9.53 Å². The lowest BCUT2D eigenvalue weighted by Gasteiger charge is -2.28. The number of tetrazole rings is 1. The number of ether oxygens (including phenoxy) is 1. The summed E-state index contributed by atoms with van der Waals surface area (Å²) >= 11 is 0. The summed E-state index contributed by atoms with van der Waals surface area (Å²) in [5.74, 6) is 0.378. The van der Waals surface area contributed by atoms with Crippen LogP contribution in [0.2, 0.25) is 0 Å². The summed E-state index contributed by atoms with van der Waals surface area (Å²) in [4.78, 5) is 15.7. The predicted molar refractivity (Wildman–Crippen MR) is 109 cm³/mol. The number of hydrogen-bond acceptors (Lipinski definition) is 6. The standard InChI is InChI=1S/C21H24N6O2/c28-20(22-11-10-17-4-2-1-3-5-17)16-27-24-21(23-25-27)18-6-8-19(9-7-18)26-12-14-29-15-13-26/h1-9H,10-16H2,(H,22,28). The number of rotatable bonds is 7. The van der Waals surface area contributed by atoms with Gasteiger partial charge in [0.2, 0.25) is 11.7 Å². The first-order chi connectivity index (χ1) is 14.3. The molecule has 0 aliphatic carbocycles. The Morgan fingerprint density at radius 2 is 1.79 bits per heavy atom. The number of carbonyl (C=O) groups excluding carboxylic acids is 1. The number of carbonyl (C=O) groups is 1. The van der Waals surface area contributed by atoms with Gasteiger partial charge in [0, 0.05) is 30.9 Å². The Kier molecular flexibility index (Phi) is 6.11. The minimum absolute atomic E-state index is 0.0493. The minimum Gasteiger partial charge on any atom is -0.378 e. The van der Waals surface area contributed by atoms with E-state index < -0.39 is 0 Å². The van der Waals surface area contributed by atoms with E-state index in [9.17, 15) is 4.79 Å². The van der Waals surface area contributed by atoms with Crippen LogP contribution >= 0.6 is 0 Å². The average molecular weight is 392 g/mol. The molecule has 8 heteroatoms. The molecular formula is C21H24N6O2. The highest BCUT2D eigenvalue weighted by atomic mass is 16.5. The van der Waals surface area contributed by atoms with E-state index in [0.29, 0.717) is 12.4 Å². The zero-order valence-corrected chi connectivity index (χ0v) is 16.2. The van der Waals surface area contributed by atoms with Gasteiger partial charge in [0.05, 0.1) is 13.2 Å². The third kappa shape index (κ3) is 5.17. The van der Waals surface area contributed by atoms with Gasteiger partial charge in [-0.05, 0) is 41.5 Å². The lowest BCUT2D eigenvalue weighted by Crippen LogP contribution is -2.36. The smallest absolute Gasteiger partial charge is 0.243 e. The molecule has 3 aromatic rings. The van der Waals surface area contributed by atoms with Gasteiger partial charge in [0.25, 0.3) is 0 Å². The molecule has 8 nitrogen and oxygen atoms in total. The summed E-state index contributed by atoms with van der Waals surface area (Å²) in [6, 6.07) is 18.1. The van der Waals surface area contributed by atoms with Crippen LogP contribution in [0.25, 0.3) is 11.4 Å². The first-order valence-electron chi connectivity index (χ1n) is 9.79. The highest BCUT2D eigenvalue weighted by molar-refractivity contribution is 5.75. The molecule has 1 aliphatic rings. The SMILES string of the molecule is O=C(Cn1nnc(-c2ccc(N3CCOCC3)cc2)n1)NCCc1ccccc1. The number of amides is 1. The number of nitrogens with one attached hydrogen (secondary N) is 1. The molecule has 0 radical (unpaired) electrons. The third-order valence-corrected chi connectivity index (χ3v) is 4.82. The van der Waals surface area contributed by atoms with Crippen molar-refractivity contribution >= 4 is 11.6 Å². The van der Waals surface area contributed by atoms with Gasteiger partial charge in [-0.15, -0.1) is 10.2 Å². The largest absolute Gasteiger partial charge is 0.378 e. The third-order valence-electron chi connectivity index (χ3n) is 4.82. The molecule has 1 N–H and O–H groups in total. The molecule has 1 amide bonds. The number of hydrogen-bond donors (Lipinski definition) is 1. The maximum absolute atomic E-state index is 12.1. The molecule has 0 bridgehead atoms. The summed E-state index contributed by atoms with van der Waals surface area (Å²) in [6.45, 7) is 3.93. The van der Waals surface area contributed by atoms with Crippen molar-refractivity contribution in [3.05, 3.63) is 60.2 Å². The van der Waals surface area contributed by atoms with Crippen molar-refractivity contribution in [3.8, 4) is 11.4 Å². The second-order valence-corrected chi connectivity index (χ2v) is 6.88. The van der Waals surface area contributed by atoms with E-state index in [1.54, 1.807) is 0 Å². The van der Waals surface area contributed by atoms with Crippen molar-refractivity contribution in [2.75, 3.05) is 37.7 Å². The highest BCUT2D eigenvalue weighted by Gasteiger charge is 2.13. The lowest BCUT2D eigenvalue weighted by molar-refractivity contribution is -0.122. The summed E-state index contributed by atoms with van der Waals surface area (Å²) in [5, 5.41) is 15.3. The van der Waals surface area contributed by atoms with Crippen LogP contribution in [-0.4, -0.2) is 59.0 Å². The van der Waals surface area contributed by atoms with Crippen molar-refractivity contribution in [2.24, 2.45) is 0 Å². The molecule has 0 atom stereocenters. The molecule has 1 saturated heterocycles.